The van der Waals surface area contributed by atoms with Gasteiger partial charge in [0.15, 0.2) is 0 Å². The lowest BCUT2D eigenvalue weighted by Gasteiger charge is -2.24. The fraction of sp³-hybridized carbons (Fsp3) is 0.462. The Morgan fingerprint density at radius 2 is 1.65 bits per heavy atom. The third-order valence-electron chi connectivity index (χ3n) is 3.15. The molecular formula is C13H15BrO3. The fourth-order valence-corrected chi connectivity index (χ4v) is 2.99. The average molecular weight is 299 g/mol. The molecule has 0 unspecified atom stereocenters. The van der Waals surface area contributed by atoms with E-state index in [-0.39, 0.29) is 5.56 Å². The topological polar surface area (TPSA) is 46.5 Å². The summed E-state index contributed by atoms with van der Waals surface area (Å²) in [4.78, 5) is 11.1. The monoisotopic (exact) mass is 298 g/mol. The minimum absolute atomic E-state index is 0.276. The molecule has 0 aromatic heterocycles. The molecule has 0 radical (unpaired) electrons. The molecule has 0 saturated carbocycles. The zero-order valence-corrected chi connectivity index (χ0v) is 11.9. The molecule has 0 amide bonds. The van der Waals surface area contributed by atoms with Crippen LogP contribution in [0, 0.1) is 0 Å². The van der Waals surface area contributed by atoms with Crippen LogP contribution in [0.5, 0.6) is 0 Å². The maximum absolute atomic E-state index is 11.1. The van der Waals surface area contributed by atoms with Crippen LogP contribution >= 0.6 is 15.9 Å². The van der Waals surface area contributed by atoms with Gasteiger partial charge < -0.3 is 9.84 Å². The van der Waals surface area contributed by atoms with Gasteiger partial charge in [0, 0.05) is 4.47 Å². The van der Waals surface area contributed by atoms with Crippen molar-refractivity contribution in [3.05, 3.63) is 33.3 Å². The zero-order valence-electron chi connectivity index (χ0n) is 10.3. The van der Waals surface area contributed by atoms with E-state index in [4.69, 9.17) is 9.84 Å². The van der Waals surface area contributed by atoms with Crippen molar-refractivity contribution in [2.24, 2.45) is 0 Å². The fourth-order valence-electron chi connectivity index (χ4n) is 2.48. The number of aromatic carboxylic acids is 1. The molecule has 0 spiro atoms. The molecular weight excluding hydrogens is 284 g/mol. The Hall–Kier alpha value is -0.870. The van der Waals surface area contributed by atoms with Crippen molar-refractivity contribution in [3.8, 4) is 0 Å². The van der Waals surface area contributed by atoms with Crippen LogP contribution in [0.15, 0.2) is 16.6 Å². The van der Waals surface area contributed by atoms with E-state index in [1.807, 2.05) is 33.8 Å². The number of ether oxygens (including phenoxy) is 1. The second-order valence-electron chi connectivity index (χ2n) is 5.31. The highest BCUT2D eigenvalue weighted by atomic mass is 79.9. The van der Waals surface area contributed by atoms with Gasteiger partial charge in [-0.1, -0.05) is 0 Å². The molecule has 0 bridgehead atoms. The maximum Gasteiger partial charge on any atom is 0.336 e. The summed E-state index contributed by atoms with van der Waals surface area (Å²) in [6.45, 7) is 7.90. The third-order valence-corrected chi connectivity index (χ3v) is 3.80. The predicted molar refractivity (Wildman–Crippen MR) is 68.2 cm³/mol. The van der Waals surface area contributed by atoms with Gasteiger partial charge in [-0.15, -0.1) is 0 Å². The Morgan fingerprint density at radius 1 is 1.18 bits per heavy atom. The van der Waals surface area contributed by atoms with Gasteiger partial charge in [-0.3, -0.25) is 0 Å². The number of hydrogen-bond donors (Lipinski definition) is 1. The first kappa shape index (κ1) is 12.6. The molecule has 1 aliphatic rings. The van der Waals surface area contributed by atoms with Crippen molar-refractivity contribution < 1.29 is 14.6 Å². The molecule has 17 heavy (non-hydrogen) atoms. The summed E-state index contributed by atoms with van der Waals surface area (Å²) in [5.74, 6) is -0.930. The number of rotatable bonds is 1. The molecule has 1 aromatic rings. The largest absolute Gasteiger partial charge is 0.478 e. The van der Waals surface area contributed by atoms with Gasteiger partial charge in [-0.2, -0.15) is 0 Å². The quantitative estimate of drug-likeness (QED) is 0.861. The first-order valence-corrected chi connectivity index (χ1v) is 6.22. The summed E-state index contributed by atoms with van der Waals surface area (Å²) < 4.78 is 6.58. The summed E-state index contributed by atoms with van der Waals surface area (Å²) in [6.07, 6.45) is 0. The standard InChI is InChI=1S/C13H15BrO3/c1-12(2)8-5-7(11(15)16)10(14)6-9(8)13(3,4)17-12/h5-6H,1-4H3,(H,15,16). The molecule has 3 nitrogen and oxygen atoms in total. The summed E-state index contributed by atoms with van der Waals surface area (Å²) in [6, 6.07) is 3.56. The van der Waals surface area contributed by atoms with Crippen molar-refractivity contribution in [3.63, 3.8) is 0 Å². The molecule has 92 valence electrons. The molecule has 0 atom stereocenters. The highest BCUT2D eigenvalue weighted by Crippen LogP contribution is 2.48. The summed E-state index contributed by atoms with van der Waals surface area (Å²) in [5.41, 5.74) is 1.42. The predicted octanol–water partition coefficient (Wildman–Crippen LogP) is 3.65. The lowest BCUT2D eigenvalue weighted by Crippen LogP contribution is -2.22. The normalized spacial score (nSPS) is 20.1. The summed E-state index contributed by atoms with van der Waals surface area (Å²) in [7, 11) is 0. The van der Waals surface area contributed by atoms with E-state index < -0.39 is 17.2 Å². The smallest absolute Gasteiger partial charge is 0.336 e. The number of carboxylic acid groups (broad SMARTS) is 1. The number of carboxylic acids is 1. The minimum Gasteiger partial charge on any atom is -0.478 e. The van der Waals surface area contributed by atoms with Crippen LogP contribution in [0.25, 0.3) is 0 Å². The van der Waals surface area contributed by atoms with Crippen molar-refractivity contribution >= 4 is 21.9 Å². The van der Waals surface area contributed by atoms with Gasteiger partial charge in [0.05, 0.1) is 16.8 Å². The highest BCUT2D eigenvalue weighted by Gasteiger charge is 2.43. The second kappa shape index (κ2) is 3.56. The van der Waals surface area contributed by atoms with E-state index in [9.17, 15) is 4.79 Å². The Kier molecular flexibility index (Phi) is 2.64. The Labute approximate surface area is 109 Å². The van der Waals surface area contributed by atoms with Gasteiger partial charge in [-0.05, 0) is 66.9 Å². The van der Waals surface area contributed by atoms with E-state index in [0.717, 1.165) is 11.1 Å². The van der Waals surface area contributed by atoms with Crippen LogP contribution < -0.4 is 0 Å². The van der Waals surface area contributed by atoms with Gasteiger partial charge in [0.1, 0.15) is 0 Å². The first-order valence-electron chi connectivity index (χ1n) is 5.43. The van der Waals surface area contributed by atoms with E-state index in [2.05, 4.69) is 15.9 Å². The number of hydrogen-bond acceptors (Lipinski definition) is 2. The molecule has 0 saturated heterocycles. The van der Waals surface area contributed by atoms with Crippen molar-refractivity contribution in [2.75, 3.05) is 0 Å². The number of carbonyl (C=O) groups is 1. The van der Waals surface area contributed by atoms with Crippen molar-refractivity contribution in [1.82, 2.24) is 0 Å². The van der Waals surface area contributed by atoms with Gasteiger partial charge in [0.25, 0.3) is 0 Å². The number of benzene rings is 1. The Morgan fingerprint density at radius 3 is 2.12 bits per heavy atom. The van der Waals surface area contributed by atoms with E-state index in [1.54, 1.807) is 6.07 Å². The van der Waals surface area contributed by atoms with E-state index in [0.29, 0.717) is 4.47 Å². The van der Waals surface area contributed by atoms with Crippen LogP contribution in [0.4, 0.5) is 0 Å². The maximum atomic E-state index is 11.1. The number of fused-ring (bicyclic) bond motifs is 1. The lowest BCUT2D eigenvalue weighted by molar-refractivity contribution is -0.105. The molecule has 2 rings (SSSR count). The Balaban J connectivity index is 2.72. The highest BCUT2D eigenvalue weighted by molar-refractivity contribution is 9.10. The summed E-state index contributed by atoms with van der Waals surface area (Å²) >= 11 is 3.30. The lowest BCUT2D eigenvalue weighted by atomic mass is 9.89. The molecule has 1 N–H and O–H groups in total. The van der Waals surface area contributed by atoms with Crippen LogP contribution in [-0.2, 0) is 15.9 Å². The van der Waals surface area contributed by atoms with Gasteiger partial charge in [-0.25, -0.2) is 4.79 Å². The van der Waals surface area contributed by atoms with Gasteiger partial charge in [0.2, 0.25) is 0 Å². The SMILES string of the molecule is CC1(C)OC(C)(C)c2cc(C(=O)O)c(Br)cc21. The molecule has 1 aliphatic heterocycles. The Bertz CT molecular complexity index is 504. The van der Waals surface area contributed by atoms with E-state index in [1.165, 1.54) is 0 Å². The molecule has 1 heterocycles. The molecule has 0 fully saturated rings. The number of halogens is 1. The molecule has 1 aromatic carbocycles. The van der Waals surface area contributed by atoms with E-state index >= 15 is 0 Å². The zero-order chi connectivity index (χ0) is 13.0. The van der Waals surface area contributed by atoms with Crippen molar-refractivity contribution in [1.29, 1.82) is 0 Å². The van der Waals surface area contributed by atoms with Crippen molar-refractivity contribution in [2.45, 2.75) is 38.9 Å². The van der Waals surface area contributed by atoms with Crippen LogP contribution in [0.3, 0.4) is 0 Å². The molecule has 0 aliphatic carbocycles. The van der Waals surface area contributed by atoms with Crippen LogP contribution in [0.1, 0.15) is 49.2 Å². The third kappa shape index (κ3) is 1.89. The van der Waals surface area contributed by atoms with Crippen LogP contribution in [0.2, 0.25) is 0 Å². The second-order valence-corrected chi connectivity index (χ2v) is 6.16. The van der Waals surface area contributed by atoms with Gasteiger partial charge >= 0.3 is 5.97 Å². The minimum atomic E-state index is -0.930. The molecule has 4 heteroatoms. The average Bonchev–Trinajstić information content (AvgIpc) is 2.30. The van der Waals surface area contributed by atoms with Crippen LogP contribution in [-0.4, -0.2) is 11.1 Å². The summed E-state index contributed by atoms with van der Waals surface area (Å²) in [5, 5.41) is 9.13. The first-order chi connectivity index (χ1) is 7.65.